The van der Waals surface area contributed by atoms with Gasteiger partial charge >= 0.3 is 5.97 Å². The lowest BCUT2D eigenvalue weighted by molar-refractivity contribution is -0.00621. The first-order chi connectivity index (χ1) is 14.9. The minimum atomic E-state index is -3.94. The highest BCUT2D eigenvalue weighted by Gasteiger charge is 2.52. The van der Waals surface area contributed by atoms with Crippen LogP contribution < -0.4 is 9.62 Å². The molecule has 4 fully saturated rings. The fraction of sp³-hybridized carbons (Fsp3) is 0.458. The fourth-order valence-electron chi connectivity index (χ4n) is 6.49. The van der Waals surface area contributed by atoms with Crippen LogP contribution in [0.15, 0.2) is 53.4 Å². The SMILES string of the molecule is COc1ccc(C(=O)ONS(=O)(=O)c2ccccc2)cc1C12CC3CC(CC(C3)C1)C2. The molecule has 31 heavy (non-hydrogen) atoms. The number of sulfonamides is 1. The number of hydrogen-bond acceptors (Lipinski definition) is 5. The van der Waals surface area contributed by atoms with Crippen molar-refractivity contribution in [2.45, 2.75) is 48.8 Å². The van der Waals surface area contributed by atoms with Crippen molar-refractivity contribution < 1.29 is 22.8 Å². The van der Waals surface area contributed by atoms with Crippen molar-refractivity contribution in [3.05, 3.63) is 59.7 Å². The van der Waals surface area contributed by atoms with Crippen molar-refractivity contribution >= 4 is 16.0 Å². The van der Waals surface area contributed by atoms with Gasteiger partial charge in [0.1, 0.15) is 5.75 Å². The highest BCUT2D eigenvalue weighted by atomic mass is 32.2. The summed E-state index contributed by atoms with van der Waals surface area (Å²) in [5, 5.41) is 0. The summed E-state index contributed by atoms with van der Waals surface area (Å²) in [6, 6.07) is 13.1. The van der Waals surface area contributed by atoms with Crippen molar-refractivity contribution in [1.29, 1.82) is 0 Å². The number of carbonyl (C=O) groups is 1. The van der Waals surface area contributed by atoms with Crippen LogP contribution in [0, 0.1) is 17.8 Å². The third-order valence-corrected chi connectivity index (χ3v) is 8.54. The normalized spacial score (nSPS) is 29.0. The van der Waals surface area contributed by atoms with E-state index in [0.717, 1.165) is 48.3 Å². The lowest BCUT2D eigenvalue weighted by atomic mass is 9.48. The average molecular weight is 442 g/mol. The molecule has 7 heteroatoms. The Labute approximate surface area is 183 Å². The summed E-state index contributed by atoms with van der Waals surface area (Å²) in [5.74, 6) is 2.33. The molecule has 4 bridgehead atoms. The smallest absolute Gasteiger partial charge is 0.357 e. The second-order valence-corrected chi connectivity index (χ2v) is 11.0. The van der Waals surface area contributed by atoms with Gasteiger partial charge in [-0.25, -0.2) is 13.2 Å². The molecule has 4 aliphatic carbocycles. The summed E-state index contributed by atoms with van der Waals surface area (Å²) in [6.45, 7) is 0. The summed E-state index contributed by atoms with van der Waals surface area (Å²) in [7, 11) is -2.28. The van der Waals surface area contributed by atoms with Crippen LogP contribution in [0.5, 0.6) is 5.75 Å². The zero-order chi connectivity index (χ0) is 21.6. The van der Waals surface area contributed by atoms with Crippen LogP contribution in [0.2, 0.25) is 0 Å². The summed E-state index contributed by atoms with van der Waals surface area (Å²) in [5.41, 5.74) is 1.43. The van der Waals surface area contributed by atoms with Crippen LogP contribution in [0.3, 0.4) is 0 Å². The minimum absolute atomic E-state index is 0.0341. The topological polar surface area (TPSA) is 81.7 Å². The Morgan fingerprint density at radius 3 is 2.16 bits per heavy atom. The number of carbonyl (C=O) groups excluding carboxylic acids is 1. The Kier molecular flexibility index (Phi) is 5.06. The zero-order valence-electron chi connectivity index (χ0n) is 17.5. The molecule has 0 heterocycles. The summed E-state index contributed by atoms with van der Waals surface area (Å²) >= 11 is 0. The van der Waals surface area contributed by atoms with E-state index in [1.165, 1.54) is 31.4 Å². The molecule has 6 nitrogen and oxygen atoms in total. The largest absolute Gasteiger partial charge is 0.496 e. The Morgan fingerprint density at radius 2 is 1.58 bits per heavy atom. The molecule has 0 amide bonds. The molecule has 0 atom stereocenters. The average Bonchev–Trinajstić information content (AvgIpc) is 2.77. The third-order valence-electron chi connectivity index (χ3n) is 7.34. The molecular formula is C24H27NO5S. The number of ether oxygens (including phenoxy) is 1. The van der Waals surface area contributed by atoms with Gasteiger partial charge in [-0.1, -0.05) is 18.2 Å². The molecule has 0 unspecified atom stereocenters. The molecule has 0 aromatic heterocycles. The summed E-state index contributed by atoms with van der Waals surface area (Å²) in [6.07, 6.45) is 7.37. The van der Waals surface area contributed by atoms with Gasteiger partial charge in [-0.15, -0.1) is 0 Å². The first kappa shape index (κ1) is 20.5. The molecule has 0 spiro atoms. The van der Waals surface area contributed by atoms with Crippen LogP contribution in [-0.4, -0.2) is 21.5 Å². The molecule has 0 saturated heterocycles. The quantitative estimate of drug-likeness (QED) is 0.679. The molecule has 0 aliphatic heterocycles. The van der Waals surface area contributed by atoms with Gasteiger partial charge in [0.05, 0.1) is 17.6 Å². The third kappa shape index (κ3) is 3.74. The molecule has 0 radical (unpaired) electrons. The van der Waals surface area contributed by atoms with E-state index < -0.39 is 16.0 Å². The Bertz CT molecular complexity index is 1060. The summed E-state index contributed by atoms with van der Waals surface area (Å²) in [4.78, 5) is 19.7. The number of hydrogen-bond donors (Lipinski definition) is 1. The van der Waals surface area contributed by atoms with Crippen molar-refractivity contribution in [3.8, 4) is 5.75 Å². The van der Waals surface area contributed by atoms with E-state index >= 15 is 0 Å². The van der Waals surface area contributed by atoms with Crippen molar-refractivity contribution in [1.82, 2.24) is 4.89 Å². The van der Waals surface area contributed by atoms with Gasteiger partial charge in [0.15, 0.2) is 0 Å². The van der Waals surface area contributed by atoms with Crippen LogP contribution in [0.25, 0.3) is 0 Å². The van der Waals surface area contributed by atoms with Crippen molar-refractivity contribution in [2.24, 2.45) is 17.8 Å². The van der Waals surface area contributed by atoms with E-state index in [2.05, 4.69) is 0 Å². The van der Waals surface area contributed by atoms with Gasteiger partial charge in [0.2, 0.25) is 0 Å². The van der Waals surface area contributed by atoms with E-state index in [1.54, 1.807) is 37.4 Å². The second-order valence-electron chi connectivity index (χ2n) is 9.40. The van der Waals surface area contributed by atoms with Crippen LogP contribution in [0.4, 0.5) is 0 Å². The maximum Gasteiger partial charge on any atom is 0.357 e. The number of rotatable bonds is 6. The molecule has 1 N–H and O–H groups in total. The highest BCUT2D eigenvalue weighted by molar-refractivity contribution is 7.89. The Hall–Kier alpha value is -2.38. The standard InChI is InChI=1S/C24H27NO5S/c1-29-22-8-7-19(23(26)30-25-31(27,28)20-5-3-2-4-6-20)12-21(22)24-13-16-9-17(14-24)11-18(10-16)15-24/h2-8,12,16-18,25H,9-11,13-15H2,1H3. The molecule has 2 aromatic carbocycles. The van der Waals surface area contributed by atoms with Gasteiger partial charge in [-0.3, -0.25) is 0 Å². The van der Waals surface area contributed by atoms with Gasteiger partial charge in [-0.05, 0) is 96.9 Å². The van der Waals surface area contributed by atoms with E-state index in [0.29, 0.717) is 5.56 Å². The van der Waals surface area contributed by atoms with E-state index in [-0.39, 0.29) is 10.3 Å². The molecule has 4 aliphatic rings. The fourth-order valence-corrected chi connectivity index (χ4v) is 7.29. The van der Waals surface area contributed by atoms with Gasteiger partial charge < -0.3 is 9.57 Å². The highest BCUT2D eigenvalue weighted by Crippen LogP contribution is 2.61. The predicted octanol–water partition coefficient (Wildman–Crippen LogP) is 4.21. The van der Waals surface area contributed by atoms with Gasteiger partial charge in [-0.2, -0.15) is 0 Å². The van der Waals surface area contributed by atoms with E-state index in [4.69, 9.17) is 9.57 Å². The first-order valence-electron chi connectivity index (χ1n) is 10.8. The lowest BCUT2D eigenvalue weighted by Crippen LogP contribution is -2.48. The number of methoxy groups -OCH3 is 1. The van der Waals surface area contributed by atoms with E-state index in [1.807, 2.05) is 11.0 Å². The minimum Gasteiger partial charge on any atom is -0.496 e. The maximum atomic E-state index is 12.7. The number of benzene rings is 2. The van der Waals surface area contributed by atoms with Crippen molar-refractivity contribution in [2.75, 3.05) is 7.11 Å². The van der Waals surface area contributed by atoms with E-state index in [9.17, 15) is 13.2 Å². The van der Waals surface area contributed by atoms with Gasteiger partial charge in [0, 0.05) is 5.56 Å². The monoisotopic (exact) mass is 441 g/mol. The predicted molar refractivity (Wildman–Crippen MR) is 115 cm³/mol. The maximum absolute atomic E-state index is 12.7. The first-order valence-corrected chi connectivity index (χ1v) is 12.3. The Morgan fingerprint density at radius 1 is 0.968 bits per heavy atom. The molecular weight excluding hydrogens is 414 g/mol. The van der Waals surface area contributed by atoms with Crippen LogP contribution in [0.1, 0.15) is 54.4 Å². The molecule has 164 valence electrons. The van der Waals surface area contributed by atoms with Crippen LogP contribution in [-0.2, 0) is 20.3 Å². The van der Waals surface area contributed by atoms with Crippen LogP contribution >= 0.6 is 0 Å². The lowest BCUT2D eigenvalue weighted by Gasteiger charge is -2.57. The summed E-state index contributed by atoms with van der Waals surface area (Å²) < 4.78 is 30.4. The van der Waals surface area contributed by atoms with Gasteiger partial charge in [0.25, 0.3) is 10.0 Å². The molecule has 6 rings (SSSR count). The molecule has 2 aromatic rings. The zero-order valence-corrected chi connectivity index (χ0v) is 18.4. The Balaban J connectivity index is 1.39. The second kappa shape index (κ2) is 7.64. The number of nitrogens with one attached hydrogen (secondary N) is 1. The van der Waals surface area contributed by atoms with Crippen molar-refractivity contribution in [3.63, 3.8) is 0 Å². The molecule has 4 saturated carbocycles.